The number of anilines is 1. The number of ether oxygens (including phenoxy) is 2. The van der Waals surface area contributed by atoms with E-state index in [0.29, 0.717) is 34.6 Å². The van der Waals surface area contributed by atoms with Crippen LogP contribution in [0.5, 0.6) is 11.5 Å². The van der Waals surface area contributed by atoms with Crippen LogP contribution in [0.25, 0.3) is 0 Å². The lowest BCUT2D eigenvalue weighted by atomic mass is 10.1. The van der Waals surface area contributed by atoms with Crippen molar-refractivity contribution >= 4 is 23.4 Å². The van der Waals surface area contributed by atoms with Crippen LogP contribution in [0.3, 0.4) is 0 Å². The van der Waals surface area contributed by atoms with E-state index in [0.717, 1.165) is 5.56 Å². The van der Waals surface area contributed by atoms with Crippen molar-refractivity contribution in [2.45, 2.75) is 25.2 Å². The van der Waals surface area contributed by atoms with E-state index in [4.69, 9.17) is 9.47 Å². The molecule has 2 aromatic carbocycles. The topological polar surface area (TPSA) is 85.6 Å². The molecule has 0 saturated carbocycles. The highest BCUT2D eigenvalue weighted by molar-refractivity contribution is 7.99. The molecule has 0 fully saturated rings. The van der Waals surface area contributed by atoms with Crippen LogP contribution < -0.4 is 14.8 Å². The van der Waals surface area contributed by atoms with Gasteiger partial charge in [-0.25, -0.2) is 4.98 Å². The lowest BCUT2D eigenvalue weighted by Gasteiger charge is -2.12. The van der Waals surface area contributed by atoms with Crippen molar-refractivity contribution in [1.82, 2.24) is 9.55 Å². The Morgan fingerprint density at radius 3 is 2.60 bits per heavy atom. The molecule has 1 amide bonds. The fourth-order valence-corrected chi connectivity index (χ4v) is 3.67. The number of nitrogens with one attached hydrogen (secondary N) is 1. The summed E-state index contributed by atoms with van der Waals surface area (Å²) in [6, 6.07) is 13.4. The van der Waals surface area contributed by atoms with E-state index in [1.807, 2.05) is 17.7 Å². The molecule has 8 heteroatoms. The predicted molar refractivity (Wildman–Crippen MR) is 117 cm³/mol. The number of thioether (sulfide) groups is 1. The van der Waals surface area contributed by atoms with Crippen LogP contribution in [0.4, 0.5) is 5.69 Å². The number of imidazole rings is 1. The van der Waals surface area contributed by atoms with Gasteiger partial charge in [-0.2, -0.15) is 0 Å². The monoisotopic (exact) mass is 427 g/mol. The first-order valence-electron chi connectivity index (χ1n) is 9.39. The second-order valence-corrected chi connectivity index (χ2v) is 7.63. The first-order chi connectivity index (χ1) is 14.5. The minimum absolute atomic E-state index is 0.151. The van der Waals surface area contributed by atoms with Gasteiger partial charge >= 0.3 is 0 Å². The van der Waals surface area contributed by atoms with Crippen molar-refractivity contribution in [2.75, 3.05) is 25.3 Å². The van der Waals surface area contributed by atoms with Crippen molar-refractivity contribution in [3.8, 4) is 11.5 Å². The maximum absolute atomic E-state index is 12.5. The molecule has 0 saturated heterocycles. The van der Waals surface area contributed by atoms with E-state index in [-0.39, 0.29) is 18.3 Å². The summed E-state index contributed by atoms with van der Waals surface area (Å²) in [6.45, 7) is 2.50. The summed E-state index contributed by atoms with van der Waals surface area (Å²) in [4.78, 5) is 17.0. The molecule has 0 atom stereocenters. The predicted octanol–water partition coefficient (Wildman–Crippen LogP) is 3.48. The van der Waals surface area contributed by atoms with E-state index < -0.39 is 0 Å². The molecular formula is C22H25N3O4S. The Morgan fingerprint density at radius 2 is 1.93 bits per heavy atom. The number of aromatic nitrogens is 2. The van der Waals surface area contributed by atoms with Gasteiger partial charge in [-0.05, 0) is 24.6 Å². The van der Waals surface area contributed by atoms with E-state index in [1.165, 1.54) is 17.3 Å². The third kappa shape index (κ3) is 5.55. The largest absolute Gasteiger partial charge is 0.497 e. The van der Waals surface area contributed by atoms with Crippen LogP contribution in [0.15, 0.2) is 53.8 Å². The van der Waals surface area contributed by atoms with E-state index >= 15 is 0 Å². The van der Waals surface area contributed by atoms with E-state index in [9.17, 15) is 9.90 Å². The molecule has 1 aromatic heterocycles. The first-order valence-corrected chi connectivity index (χ1v) is 10.4. The maximum Gasteiger partial charge on any atom is 0.234 e. The number of aryl methyl sites for hydroxylation is 1. The van der Waals surface area contributed by atoms with Crippen molar-refractivity contribution in [1.29, 1.82) is 0 Å². The van der Waals surface area contributed by atoms with Gasteiger partial charge in [-0.3, -0.25) is 4.79 Å². The van der Waals surface area contributed by atoms with Gasteiger partial charge < -0.3 is 24.5 Å². The Morgan fingerprint density at radius 1 is 1.17 bits per heavy atom. The molecule has 0 radical (unpaired) electrons. The highest BCUT2D eigenvalue weighted by Gasteiger charge is 2.13. The number of hydrogen-bond acceptors (Lipinski definition) is 6. The fourth-order valence-electron chi connectivity index (χ4n) is 2.87. The third-order valence-electron chi connectivity index (χ3n) is 4.44. The molecule has 0 aliphatic rings. The van der Waals surface area contributed by atoms with Crippen LogP contribution in [-0.2, 0) is 17.9 Å². The summed E-state index contributed by atoms with van der Waals surface area (Å²) < 4.78 is 12.5. The Labute approximate surface area is 180 Å². The number of rotatable bonds is 9. The molecule has 0 aliphatic heterocycles. The summed E-state index contributed by atoms with van der Waals surface area (Å²) in [5.41, 5.74) is 3.43. The Bertz CT molecular complexity index is 1000. The van der Waals surface area contributed by atoms with Crippen molar-refractivity contribution in [3.63, 3.8) is 0 Å². The molecule has 0 unspecified atom stereocenters. The number of hydrogen-bond donors (Lipinski definition) is 2. The average Bonchev–Trinajstić information content (AvgIpc) is 3.15. The number of benzene rings is 2. The van der Waals surface area contributed by atoms with Crippen molar-refractivity contribution < 1.29 is 19.4 Å². The SMILES string of the molecule is COc1ccc(OC)c(NC(=O)CSc2nc(CO)cn2Cc2ccc(C)cc2)c1. The maximum atomic E-state index is 12.5. The fraction of sp³-hybridized carbons (Fsp3) is 0.273. The van der Waals surface area contributed by atoms with E-state index in [1.54, 1.807) is 32.4 Å². The molecule has 0 aliphatic carbocycles. The molecule has 1 heterocycles. The second-order valence-electron chi connectivity index (χ2n) is 6.69. The number of carbonyl (C=O) groups is 1. The van der Waals surface area contributed by atoms with Gasteiger partial charge in [0.1, 0.15) is 11.5 Å². The van der Waals surface area contributed by atoms with Gasteiger partial charge in [0.15, 0.2) is 5.16 Å². The van der Waals surface area contributed by atoms with Gasteiger partial charge in [0.25, 0.3) is 0 Å². The zero-order valence-electron chi connectivity index (χ0n) is 17.2. The van der Waals surface area contributed by atoms with Crippen molar-refractivity contribution in [2.24, 2.45) is 0 Å². The van der Waals surface area contributed by atoms with Crippen LogP contribution in [0, 0.1) is 6.92 Å². The number of aliphatic hydroxyl groups excluding tert-OH is 1. The number of aliphatic hydroxyl groups is 1. The molecule has 30 heavy (non-hydrogen) atoms. The normalized spacial score (nSPS) is 10.7. The standard InChI is InChI=1S/C22H25N3O4S/c1-15-4-6-16(7-5-15)11-25-12-17(13-26)23-22(25)30-14-21(27)24-19-10-18(28-2)8-9-20(19)29-3/h4-10,12,26H,11,13-14H2,1-3H3,(H,24,27). The van der Waals surface area contributed by atoms with Crippen LogP contribution in [0.1, 0.15) is 16.8 Å². The van der Waals surface area contributed by atoms with Gasteiger partial charge in [0.05, 0.1) is 38.0 Å². The Balaban J connectivity index is 1.68. The minimum atomic E-state index is -0.193. The van der Waals surface area contributed by atoms with Gasteiger partial charge in [0.2, 0.25) is 5.91 Å². The Hall–Kier alpha value is -2.97. The second kappa shape index (κ2) is 10.2. The van der Waals surface area contributed by atoms with Gasteiger partial charge in [-0.15, -0.1) is 0 Å². The zero-order valence-corrected chi connectivity index (χ0v) is 18.0. The number of methoxy groups -OCH3 is 2. The average molecular weight is 428 g/mol. The minimum Gasteiger partial charge on any atom is -0.497 e. The summed E-state index contributed by atoms with van der Waals surface area (Å²) >= 11 is 1.31. The smallest absolute Gasteiger partial charge is 0.234 e. The van der Waals surface area contributed by atoms with Crippen molar-refractivity contribution in [3.05, 3.63) is 65.5 Å². The molecule has 7 nitrogen and oxygen atoms in total. The lowest BCUT2D eigenvalue weighted by Crippen LogP contribution is -2.15. The first kappa shape index (κ1) is 21.7. The Kier molecular flexibility index (Phi) is 7.37. The molecule has 2 N–H and O–H groups in total. The summed E-state index contributed by atoms with van der Waals surface area (Å²) in [5.74, 6) is 1.15. The number of nitrogens with zero attached hydrogens (tertiary/aromatic N) is 2. The molecule has 0 spiro atoms. The summed E-state index contributed by atoms with van der Waals surface area (Å²) in [7, 11) is 3.11. The molecule has 158 valence electrons. The summed E-state index contributed by atoms with van der Waals surface area (Å²) in [5, 5.41) is 13.0. The number of carbonyl (C=O) groups excluding carboxylic acids is 1. The molecule has 0 bridgehead atoms. The quantitative estimate of drug-likeness (QED) is 0.509. The molecular weight excluding hydrogens is 402 g/mol. The zero-order chi connectivity index (χ0) is 21.5. The third-order valence-corrected chi connectivity index (χ3v) is 5.43. The van der Waals surface area contributed by atoms with E-state index in [2.05, 4.69) is 34.6 Å². The van der Waals surface area contributed by atoms with Gasteiger partial charge in [0, 0.05) is 18.8 Å². The number of amides is 1. The van der Waals surface area contributed by atoms with Crippen LogP contribution >= 0.6 is 11.8 Å². The molecule has 3 aromatic rings. The summed E-state index contributed by atoms with van der Waals surface area (Å²) in [6.07, 6.45) is 1.81. The van der Waals surface area contributed by atoms with Crippen LogP contribution in [0.2, 0.25) is 0 Å². The highest BCUT2D eigenvalue weighted by atomic mass is 32.2. The van der Waals surface area contributed by atoms with Crippen LogP contribution in [-0.4, -0.2) is 40.5 Å². The van der Waals surface area contributed by atoms with Gasteiger partial charge in [-0.1, -0.05) is 41.6 Å². The lowest BCUT2D eigenvalue weighted by molar-refractivity contribution is -0.113. The highest BCUT2D eigenvalue weighted by Crippen LogP contribution is 2.29. The molecule has 3 rings (SSSR count).